The number of ether oxygens (including phenoxy) is 1. The highest BCUT2D eigenvalue weighted by Crippen LogP contribution is 2.27. The lowest BCUT2D eigenvalue weighted by Crippen LogP contribution is -2.18. The molecule has 0 fully saturated rings. The van der Waals surface area contributed by atoms with Gasteiger partial charge in [-0.05, 0) is 57.4 Å². The van der Waals surface area contributed by atoms with Crippen molar-refractivity contribution in [3.8, 4) is 5.75 Å². The summed E-state index contributed by atoms with van der Waals surface area (Å²) in [6.45, 7) is 0.364. The van der Waals surface area contributed by atoms with Crippen molar-refractivity contribution < 1.29 is 9.53 Å². The Bertz CT molecular complexity index is 1460. The van der Waals surface area contributed by atoms with Gasteiger partial charge in [0.25, 0.3) is 5.91 Å². The van der Waals surface area contributed by atoms with Crippen LogP contribution in [-0.2, 0) is 6.61 Å². The zero-order chi connectivity index (χ0) is 23.3. The minimum absolute atomic E-state index is 0.327. The third-order valence-electron chi connectivity index (χ3n) is 5.61. The van der Waals surface area contributed by atoms with Crippen molar-refractivity contribution in [1.82, 2.24) is 5.43 Å². The van der Waals surface area contributed by atoms with E-state index < -0.39 is 0 Å². The average Bonchev–Trinajstić information content (AvgIpc) is 2.88. The fourth-order valence-corrected chi connectivity index (χ4v) is 4.19. The number of nitrogens with zero attached hydrogens (tertiary/aromatic N) is 1. The monoisotopic (exact) mass is 508 g/mol. The number of para-hydroxylation sites is 1. The quantitative estimate of drug-likeness (QED) is 0.151. The maximum Gasteiger partial charge on any atom is 0.275 e. The minimum atomic E-state index is -0.327. The fraction of sp³-hybridized carbons (Fsp3) is 0.0345. The highest BCUT2D eigenvalue weighted by atomic mass is 79.9. The normalized spacial score (nSPS) is 11.2. The van der Waals surface area contributed by atoms with E-state index in [-0.39, 0.29) is 5.91 Å². The maximum atomic E-state index is 12.9. The molecule has 0 heterocycles. The first-order valence-electron chi connectivity index (χ1n) is 10.9. The van der Waals surface area contributed by atoms with Gasteiger partial charge >= 0.3 is 0 Å². The van der Waals surface area contributed by atoms with Gasteiger partial charge in [-0.25, -0.2) is 5.43 Å². The molecule has 0 saturated carbocycles. The van der Waals surface area contributed by atoms with Crippen LogP contribution in [0, 0.1) is 0 Å². The van der Waals surface area contributed by atoms with Crippen LogP contribution in [0.2, 0.25) is 0 Å². The number of fused-ring (bicyclic) bond motifs is 2. The Morgan fingerprint density at radius 1 is 0.824 bits per heavy atom. The molecule has 0 aliphatic heterocycles. The number of amides is 1. The predicted octanol–water partition coefficient (Wildman–Crippen LogP) is 7.10. The second-order valence-electron chi connectivity index (χ2n) is 7.84. The van der Waals surface area contributed by atoms with E-state index in [2.05, 4.69) is 56.8 Å². The van der Waals surface area contributed by atoms with Crippen molar-refractivity contribution in [3.63, 3.8) is 0 Å². The third-order valence-corrected chi connectivity index (χ3v) is 6.14. The molecule has 0 atom stereocenters. The zero-order valence-electron chi connectivity index (χ0n) is 18.2. The van der Waals surface area contributed by atoms with Gasteiger partial charge in [-0.3, -0.25) is 4.79 Å². The third kappa shape index (κ3) is 4.70. The molecule has 4 nitrogen and oxygen atoms in total. The number of hydrogen-bond donors (Lipinski definition) is 1. The molecule has 0 unspecified atom stereocenters. The van der Waals surface area contributed by atoms with Gasteiger partial charge in [0.15, 0.2) is 0 Å². The van der Waals surface area contributed by atoms with Crippen LogP contribution in [0.25, 0.3) is 21.5 Å². The van der Waals surface area contributed by atoms with E-state index in [4.69, 9.17) is 4.74 Å². The smallest absolute Gasteiger partial charge is 0.275 e. The van der Waals surface area contributed by atoms with E-state index in [1.807, 2.05) is 60.7 Å². The molecule has 0 aliphatic rings. The minimum Gasteiger partial charge on any atom is -0.488 e. The Kier molecular flexibility index (Phi) is 6.36. The molecule has 1 N–H and O–H groups in total. The maximum absolute atomic E-state index is 12.9. The van der Waals surface area contributed by atoms with Gasteiger partial charge in [0.2, 0.25) is 0 Å². The van der Waals surface area contributed by atoms with Gasteiger partial charge in [0, 0.05) is 10.0 Å². The molecule has 0 saturated heterocycles. The molecule has 5 rings (SSSR count). The Morgan fingerprint density at radius 2 is 1.44 bits per heavy atom. The molecule has 166 valence electrons. The second-order valence-corrected chi connectivity index (χ2v) is 8.76. The van der Waals surface area contributed by atoms with Crippen molar-refractivity contribution in [1.29, 1.82) is 0 Å². The zero-order valence-corrected chi connectivity index (χ0v) is 19.8. The number of benzene rings is 5. The van der Waals surface area contributed by atoms with Crippen LogP contribution in [0.3, 0.4) is 0 Å². The summed E-state index contributed by atoms with van der Waals surface area (Å²) in [5.74, 6) is 0.181. The fourth-order valence-electron chi connectivity index (χ4n) is 3.93. The first-order chi connectivity index (χ1) is 16.7. The number of nitrogens with one attached hydrogen (secondary N) is 1. The Morgan fingerprint density at radius 3 is 2.15 bits per heavy atom. The van der Waals surface area contributed by atoms with Crippen LogP contribution in [-0.4, -0.2) is 12.1 Å². The molecule has 0 spiro atoms. The lowest BCUT2D eigenvalue weighted by atomic mass is 9.97. The topological polar surface area (TPSA) is 50.7 Å². The van der Waals surface area contributed by atoms with Crippen LogP contribution in [0.4, 0.5) is 0 Å². The molecule has 0 aromatic heterocycles. The standard InChI is InChI=1S/C29H21BrN2O2/c30-23-15-13-20(14-16-23)19-34-28-12-6-5-11-26(28)29(33)32-31-18-27-24-9-3-1-7-21(24)17-22-8-2-4-10-25(22)27/h1-18H,19H2,(H,32,33)/b31-18+. The number of carbonyl (C=O) groups excluding carboxylic acids is 1. The summed E-state index contributed by atoms with van der Waals surface area (Å²) in [6.07, 6.45) is 1.72. The van der Waals surface area contributed by atoms with Crippen molar-refractivity contribution in [2.24, 2.45) is 5.10 Å². The molecule has 0 radical (unpaired) electrons. The largest absolute Gasteiger partial charge is 0.488 e. The summed E-state index contributed by atoms with van der Waals surface area (Å²) in [5, 5.41) is 8.72. The summed E-state index contributed by atoms with van der Waals surface area (Å²) < 4.78 is 6.94. The highest BCUT2D eigenvalue weighted by Gasteiger charge is 2.12. The predicted molar refractivity (Wildman–Crippen MR) is 141 cm³/mol. The van der Waals surface area contributed by atoms with Crippen molar-refractivity contribution in [2.75, 3.05) is 0 Å². The summed E-state index contributed by atoms with van der Waals surface area (Å²) >= 11 is 3.43. The Hall–Kier alpha value is -3.96. The first-order valence-corrected chi connectivity index (χ1v) is 11.7. The number of carbonyl (C=O) groups is 1. The summed E-state index contributed by atoms with van der Waals surface area (Å²) in [6, 6.07) is 33.6. The molecule has 34 heavy (non-hydrogen) atoms. The van der Waals surface area contributed by atoms with Gasteiger partial charge in [-0.15, -0.1) is 0 Å². The molecule has 5 aromatic carbocycles. The van der Waals surface area contributed by atoms with Crippen LogP contribution >= 0.6 is 15.9 Å². The summed E-state index contributed by atoms with van der Waals surface area (Å²) in [5.41, 5.74) is 5.08. The van der Waals surface area contributed by atoms with Gasteiger partial charge in [0.1, 0.15) is 12.4 Å². The molecular weight excluding hydrogens is 488 g/mol. The van der Waals surface area contributed by atoms with Crippen LogP contribution in [0.1, 0.15) is 21.5 Å². The summed E-state index contributed by atoms with van der Waals surface area (Å²) in [7, 11) is 0. The molecule has 5 aromatic rings. The molecule has 0 bridgehead atoms. The van der Waals surface area contributed by atoms with Crippen LogP contribution < -0.4 is 10.2 Å². The van der Waals surface area contributed by atoms with Gasteiger partial charge < -0.3 is 4.74 Å². The van der Waals surface area contributed by atoms with E-state index >= 15 is 0 Å². The SMILES string of the molecule is O=C(N/N=C/c1c2ccccc2cc2ccccc12)c1ccccc1OCc1ccc(Br)cc1. The van der Waals surface area contributed by atoms with E-state index in [0.717, 1.165) is 37.1 Å². The highest BCUT2D eigenvalue weighted by molar-refractivity contribution is 9.10. The first kappa shape index (κ1) is 21.9. The molecule has 1 amide bonds. The van der Waals surface area contributed by atoms with Gasteiger partial charge in [0.05, 0.1) is 11.8 Å². The van der Waals surface area contributed by atoms with Crippen molar-refractivity contribution >= 4 is 49.6 Å². The van der Waals surface area contributed by atoms with Gasteiger partial charge in [-0.1, -0.05) is 88.7 Å². The summed E-state index contributed by atoms with van der Waals surface area (Å²) in [4.78, 5) is 12.9. The number of halogens is 1. The van der Waals surface area contributed by atoms with Crippen molar-refractivity contribution in [2.45, 2.75) is 6.61 Å². The number of hydrogen-bond acceptors (Lipinski definition) is 3. The van der Waals surface area contributed by atoms with E-state index in [1.54, 1.807) is 18.3 Å². The second kappa shape index (κ2) is 9.89. The number of hydrazone groups is 1. The lowest BCUT2D eigenvalue weighted by molar-refractivity contribution is 0.0950. The van der Waals surface area contributed by atoms with E-state index in [9.17, 15) is 4.79 Å². The van der Waals surface area contributed by atoms with Crippen LogP contribution in [0.15, 0.2) is 113 Å². The Labute approximate surface area is 206 Å². The molecule has 0 aliphatic carbocycles. The molecule has 5 heteroatoms. The Balaban J connectivity index is 1.37. The average molecular weight is 509 g/mol. The number of rotatable bonds is 6. The lowest BCUT2D eigenvalue weighted by Gasteiger charge is -2.11. The van der Waals surface area contributed by atoms with Crippen molar-refractivity contribution in [3.05, 3.63) is 124 Å². The van der Waals surface area contributed by atoms with Crippen LogP contribution in [0.5, 0.6) is 5.75 Å². The molecular formula is C29H21BrN2O2. The van der Waals surface area contributed by atoms with Gasteiger partial charge in [-0.2, -0.15) is 5.10 Å². The van der Waals surface area contributed by atoms with E-state index in [1.165, 1.54) is 0 Å². The van der Waals surface area contributed by atoms with E-state index in [0.29, 0.717) is 17.9 Å².